The second-order valence-electron chi connectivity index (χ2n) is 5.05. The minimum Gasteiger partial charge on any atom is -0.494 e. The van der Waals surface area contributed by atoms with E-state index in [0.717, 1.165) is 37.0 Å². The van der Waals surface area contributed by atoms with E-state index in [9.17, 15) is 4.79 Å². The largest absolute Gasteiger partial charge is 0.494 e. The molecular formula is C18H24N2O2. The third-order valence-corrected chi connectivity index (χ3v) is 3.14. The van der Waals surface area contributed by atoms with Gasteiger partial charge in [0.1, 0.15) is 17.4 Å². The summed E-state index contributed by atoms with van der Waals surface area (Å²) in [6.07, 6.45) is 5.63. The van der Waals surface area contributed by atoms with Crippen molar-refractivity contribution in [2.75, 3.05) is 13.2 Å². The first-order chi connectivity index (χ1) is 10.7. The lowest BCUT2D eigenvalue weighted by atomic mass is 10.1. The quantitative estimate of drug-likeness (QED) is 0.430. The van der Waals surface area contributed by atoms with Crippen LogP contribution in [0.2, 0.25) is 0 Å². The number of carbonyl (C=O) groups excluding carboxylic acids is 1. The molecule has 1 aromatic rings. The molecule has 0 bridgehead atoms. The number of nitrogens with zero attached hydrogens (tertiary/aromatic N) is 1. The number of amides is 1. The standard InChI is InChI=1S/C18H24N2O2/c1-3-5-11-20-18(21)16(14-19)13-15-7-9-17(10-8-15)22-12-6-4-2/h7-10,13H,3-6,11-12H2,1-2H3,(H,20,21)/b16-13+. The van der Waals surface area contributed by atoms with Gasteiger partial charge in [0.15, 0.2) is 0 Å². The third kappa shape index (κ3) is 6.45. The summed E-state index contributed by atoms with van der Waals surface area (Å²) in [4.78, 5) is 11.9. The number of hydrogen-bond acceptors (Lipinski definition) is 3. The summed E-state index contributed by atoms with van der Waals surface area (Å²) in [6, 6.07) is 9.35. The number of carbonyl (C=O) groups is 1. The van der Waals surface area contributed by atoms with Gasteiger partial charge >= 0.3 is 0 Å². The van der Waals surface area contributed by atoms with E-state index in [2.05, 4.69) is 19.2 Å². The Morgan fingerprint density at radius 1 is 1.23 bits per heavy atom. The lowest BCUT2D eigenvalue weighted by Gasteiger charge is -2.06. The number of hydrogen-bond donors (Lipinski definition) is 1. The molecule has 0 fully saturated rings. The monoisotopic (exact) mass is 300 g/mol. The van der Waals surface area contributed by atoms with Crippen molar-refractivity contribution in [2.45, 2.75) is 39.5 Å². The number of nitriles is 1. The molecule has 22 heavy (non-hydrogen) atoms. The van der Waals surface area contributed by atoms with Gasteiger partial charge in [-0.05, 0) is 36.6 Å². The summed E-state index contributed by atoms with van der Waals surface area (Å²) in [5.74, 6) is 0.482. The lowest BCUT2D eigenvalue weighted by molar-refractivity contribution is -0.117. The first kappa shape index (κ1) is 17.8. The van der Waals surface area contributed by atoms with Crippen molar-refractivity contribution in [2.24, 2.45) is 0 Å². The zero-order valence-electron chi connectivity index (χ0n) is 13.4. The summed E-state index contributed by atoms with van der Waals surface area (Å²) in [5.41, 5.74) is 0.931. The average molecular weight is 300 g/mol. The molecule has 0 unspecified atom stereocenters. The highest BCUT2D eigenvalue weighted by molar-refractivity contribution is 6.01. The topological polar surface area (TPSA) is 62.1 Å². The Kier molecular flexibility index (Phi) is 8.44. The molecule has 0 saturated heterocycles. The molecule has 0 aliphatic heterocycles. The SMILES string of the molecule is CCCCNC(=O)/C(C#N)=C/c1ccc(OCCCC)cc1. The molecular weight excluding hydrogens is 276 g/mol. The van der Waals surface area contributed by atoms with Crippen molar-refractivity contribution in [3.05, 3.63) is 35.4 Å². The van der Waals surface area contributed by atoms with Gasteiger partial charge in [-0.3, -0.25) is 4.79 Å². The van der Waals surface area contributed by atoms with Crippen LogP contribution in [0.4, 0.5) is 0 Å². The summed E-state index contributed by atoms with van der Waals surface area (Å²) in [7, 11) is 0. The maximum absolute atomic E-state index is 11.9. The van der Waals surface area contributed by atoms with Gasteiger partial charge in [0, 0.05) is 6.54 Å². The van der Waals surface area contributed by atoms with Crippen LogP contribution in [-0.4, -0.2) is 19.1 Å². The minimum absolute atomic E-state index is 0.121. The van der Waals surface area contributed by atoms with Crippen LogP contribution in [-0.2, 0) is 4.79 Å². The zero-order chi connectivity index (χ0) is 16.2. The van der Waals surface area contributed by atoms with E-state index in [0.29, 0.717) is 13.2 Å². The van der Waals surface area contributed by atoms with E-state index in [4.69, 9.17) is 10.00 Å². The molecule has 0 atom stereocenters. The van der Waals surface area contributed by atoms with Gasteiger partial charge in [-0.1, -0.05) is 38.8 Å². The Bertz CT molecular complexity index is 527. The van der Waals surface area contributed by atoms with Gasteiger partial charge in [-0.25, -0.2) is 0 Å². The molecule has 1 amide bonds. The molecule has 0 saturated carbocycles. The van der Waals surface area contributed by atoms with E-state index < -0.39 is 0 Å². The first-order valence-corrected chi connectivity index (χ1v) is 7.84. The molecule has 4 heteroatoms. The highest BCUT2D eigenvalue weighted by Gasteiger charge is 2.07. The number of ether oxygens (including phenoxy) is 1. The predicted octanol–water partition coefficient (Wildman–Crippen LogP) is 3.69. The molecule has 0 aliphatic rings. The van der Waals surface area contributed by atoms with E-state index >= 15 is 0 Å². The Morgan fingerprint density at radius 3 is 2.50 bits per heavy atom. The van der Waals surface area contributed by atoms with Crippen LogP contribution in [0.1, 0.15) is 45.1 Å². The fourth-order valence-electron chi connectivity index (χ4n) is 1.78. The summed E-state index contributed by atoms with van der Waals surface area (Å²) >= 11 is 0. The van der Waals surface area contributed by atoms with Crippen LogP contribution >= 0.6 is 0 Å². The van der Waals surface area contributed by atoms with Crippen LogP contribution < -0.4 is 10.1 Å². The summed E-state index contributed by atoms with van der Waals surface area (Å²) in [6.45, 7) is 5.47. The fourth-order valence-corrected chi connectivity index (χ4v) is 1.78. The Labute approximate surface area is 132 Å². The molecule has 4 nitrogen and oxygen atoms in total. The molecule has 1 N–H and O–H groups in total. The van der Waals surface area contributed by atoms with Crippen LogP contribution in [0.5, 0.6) is 5.75 Å². The highest BCUT2D eigenvalue weighted by Crippen LogP contribution is 2.15. The van der Waals surface area contributed by atoms with E-state index in [1.807, 2.05) is 30.3 Å². The second-order valence-corrected chi connectivity index (χ2v) is 5.05. The van der Waals surface area contributed by atoms with Crippen LogP contribution in [0, 0.1) is 11.3 Å². The molecule has 0 aliphatic carbocycles. The van der Waals surface area contributed by atoms with Gasteiger partial charge in [0.25, 0.3) is 5.91 Å². The summed E-state index contributed by atoms with van der Waals surface area (Å²) < 4.78 is 5.58. The predicted molar refractivity (Wildman–Crippen MR) is 88.4 cm³/mol. The number of nitrogens with one attached hydrogen (secondary N) is 1. The van der Waals surface area contributed by atoms with Crippen LogP contribution in [0.3, 0.4) is 0 Å². The first-order valence-electron chi connectivity index (χ1n) is 7.84. The molecule has 1 rings (SSSR count). The van der Waals surface area contributed by atoms with Crippen molar-refractivity contribution < 1.29 is 9.53 Å². The Balaban J connectivity index is 2.65. The van der Waals surface area contributed by atoms with Gasteiger partial charge in [-0.15, -0.1) is 0 Å². The van der Waals surface area contributed by atoms with Gasteiger partial charge in [0.2, 0.25) is 0 Å². The molecule has 0 radical (unpaired) electrons. The molecule has 0 spiro atoms. The Morgan fingerprint density at radius 2 is 1.91 bits per heavy atom. The molecule has 0 aromatic heterocycles. The maximum Gasteiger partial charge on any atom is 0.261 e. The smallest absolute Gasteiger partial charge is 0.261 e. The third-order valence-electron chi connectivity index (χ3n) is 3.14. The normalized spacial score (nSPS) is 10.9. The van der Waals surface area contributed by atoms with Gasteiger partial charge in [-0.2, -0.15) is 5.26 Å². The van der Waals surface area contributed by atoms with E-state index in [1.165, 1.54) is 0 Å². The van der Waals surface area contributed by atoms with E-state index in [1.54, 1.807) is 6.08 Å². The number of unbranched alkanes of at least 4 members (excludes halogenated alkanes) is 2. The lowest BCUT2D eigenvalue weighted by Crippen LogP contribution is -2.25. The highest BCUT2D eigenvalue weighted by atomic mass is 16.5. The van der Waals surface area contributed by atoms with Crippen LogP contribution in [0.15, 0.2) is 29.8 Å². The van der Waals surface area contributed by atoms with E-state index in [-0.39, 0.29) is 11.5 Å². The minimum atomic E-state index is -0.320. The van der Waals surface area contributed by atoms with Crippen LogP contribution in [0.25, 0.3) is 6.08 Å². The van der Waals surface area contributed by atoms with Crippen molar-refractivity contribution in [3.63, 3.8) is 0 Å². The van der Waals surface area contributed by atoms with Gasteiger partial charge in [0.05, 0.1) is 6.61 Å². The molecule has 0 heterocycles. The second kappa shape index (κ2) is 10.4. The van der Waals surface area contributed by atoms with Crippen molar-refractivity contribution >= 4 is 12.0 Å². The number of rotatable bonds is 9. The molecule has 118 valence electrons. The van der Waals surface area contributed by atoms with Crippen molar-refractivity contribution in [3.8, 4) is 11.8 Å². The fraction of sp³-hybridized carbons (Fsp3) is 0.444. The molecule has 1 aromatic carbocycles. The summed E-state index contributed by atoms with van der Waals surface area (Å²) in [5, 5.41) is 11.9. The Hall–Kier alpha value is -2.28. The maximum atomic E-state index is 11.9. The number of benzene rings is 1. The average Bonchev–Trinajstić information content (AvgIpc) is 2.54. The van der Waals surface area contributed by atoms with Crippen molar-refractivity contribution in [1.82, 2.24) is 5.32 Å². The van der Waals surface area contributed by atoms with Gasteiger partial charge < -0.3 is 10.1 Å². The van der Waals surface area contributed by atoms with Crippen molar-refractivity contribution in [1.29, 1.82) is 5.26 Å². The zero-order valence-corrected chi connectivity index (χ0v) is 13.4.